The molecule has 4 nitrogen and oxygen atoms in total. The molecule has 0 saturated heterocycles. The number of carboxylic acids is 1. The van der Waals surface area contributed by atoms with Crippen LogP contribution in [0.3, 0.4) is 0 Å². The summed E-state index contributed by atoms with van der Waals surface area (Å²) in [5.74, 6) is -1.68. The third-order valence-electron chi connectivity index (χ3n) is 2.90. The van der Waals surface area contributed by atoms with Crippen molar-refractivity contribution < 1.29 is 19.4 Å². The van der Waals surface area contributed by atoms with Gasteiger partial charge >= 0.3 is 11.9 Å². The molecule has 0 aromatic heterocycles. The second kappa shape index (κ2) is 4.04. The van der Waals surface area contributed by atoms with E-state index in [0.29, 0.717) is 6.61 Å². The van der Waals surface area contributed by atoms with Gasteiger partial charge in [0.1, 0.15) is 0 Å². The molecular weight excluding hydrogens is 196 g/mol. The molecule has 15 heavy (non-hydrogen) atoms. The van der Waals surface area contributed by atoms with E-state index in [1.54, 1.807) is 13.0 Å². The molecule has 0 aromatic carbocycles. The molecule has 0 heterocycles. The van der Waals surface area contributed by atoms with Gasteiger partial charge in [-0.2, -0.15) is 0 Å². The lowest BCUT2D eigenvalue weighted by Gasteiger charge is -1.97. The fourth-order valence-electron chi connectivity index (χ4n) is 1.88. The summed E-state index contributed by atoms with van der Waals surface area (Å²) >= 11 is 0. The molecule has 2 atom stereocenters. The van der Waals surface area contributed by atoms with Crippen molar-refractivity contribution >= 4 is 11.9 Å². The van der Waals surface area contributed by atoms with Crippen LogP contribution in [0, 0.1) is 17.3 Å². The topological polar surface area (TPSA) is 63.6 Å². The molecule has 1 aliphatic carbocycles. The first-order valence-electron chi connectivity index (χ1n) is 4.99. The van der Waals surface area contributed by atoms with Crippen molar-refractivity contribution in [1.82, 2.24) is 0 Å². The van der Waals surface area contributed by atoms with Crippen molar-refractivity contribution in [3.8, 4) is 0 Å². The zero-order chi connectivity index (χ0) is 11.6. The van der Waals surface area contributed by atoms with E-state index in [0.717, 1.165) is 0 Å². The molecule has 0 radical (unpaired) electrons. The van der Waals surface area contributed by atoms with Gasteiger partial charge in [0.25, 0.3) is 0 Å². The van der Waals surface area contributed by atoms with Gasteiger partial charge in [0.2, 0.25) is 0 Å². The van der Waals surface area contributed by atoms with Crippen molar-refractivity contribution in [3.05, 3.63) is 12.2 Å². The van der Waals surface area contributed by atoms with E-state index < -0.39 is 11.9 Å². The van der Waals surface area contributed by atoms with Gasteiger partial charge in [-0.15, -0.1) is 0 Å². The SMILES string of the molecule is CCOC(=O)/C=C\C1C(C(=O)O)C1(C)C. The van der Waals surface area contributed by atoms with Crippen LogP contribution in [-0.4, -0.2) is 23.7 Å². The van der Waals surface area contributed by atoms with Crippen LogP contribution in [-0.2, 0) is 14.3 Å². The highest BCUT2D eigenvalue weighted by Gasteiger charge is 2.60. The molecule has 1 aliphatic rings. The number of carbonyl (C=O) groups excluding carboxylic acids is 1. The van der Waals surface area contributed by atoms with Crippen molar-refractivity contribution in [2.24, 2.45) is 17.3 Å². The molecule has 1 fully saturated rings. The van der Waals surface area contributed by atoms with Crippen LogP contribution < -0.4 is 0 Å². The van der Waals surface area contributed by atoms with Crippen LogP contribution in [0.2, 0.25) is 0 Å². The van der Waals surface area contributed by atoms with Gasteiger partial charge in [-0.25, -0.2) is 4.79 Å². The number of hydrogen-bond donors (Lipinski definition) is 1. The first-order chi connectivity index (χ1) is 6.91. The summed E-state index contributed by atoms with van der Waals surface area (Å²) in [6.07, 6.45) is 2.95. The lowest BCUT2D eigenvalue weighted by molar-refractivity contribution is -0.140. The summed E-state index contributed by atoms with van der Waals surface area (Å²) in [7, 11) is 0. The van der Waals surface area contributed by atoms with E-state index in [1.165, 1.54) is 6.08 Å². The quantitative estimate of drug-likeness (QED) is 0.566. The van der Waals surface area contributed by atoms with Crippen LogP contribution in [0.4, 0.5) is 0 Å². The highest BCUT2D eigenvalue weighted by molar-refractivity contribution is 5.83. The maximum absolute atomic E-state index is 11.0. The molecule has 0 amide bonds. The number of hydrogen-bond acceptors (Lipinski definition) is 3. The van der Waals surface area contributed by atoms with Gasteiger partial charge < -0.3 is 9.84 Å². The van der Waals surface area contributed by atoms with Gasteiger partial charge in [-0.05, 0) is 18.3 Å². The average molecular weight is 212 g/mol. The Hall–Kier alpha value is -1.32. The summed E-state index contributed by atoms with van der Waals surface area (Å²) in [4.78, 5) is 21.8. The summed E-state index contributed by atoms with van der Waals surface area (Å²) in [5.41, 5.74) is -0.255. The molecule has 1 saturated carbocycles. The minimum atomic E-state index is -0.807. The number of carbonyl (C=O) groups is 2. The molecule has 0 bridgehead atoms. The first kappa shape index (κ1) is 11.8. The van der Waals surface area contributed by atoms with E-state index in [-0.39, 0.29) is 17.3 Å². The Morgan fingerprint density at radius 3 is 2.47 bits per heavy atom. The Balaban J connectivity index is 2.55. The second-order valence-electron chi connectivity index (χ2n) is 4.27. The van der Waals surface area contributed by atoms with Crippen molar-refractivity contribution in [1.29, 1.82) is 0 Å². The predicted octanol–water partition coefficient (Wildman–Crippen LogP) is 1.46. The van der Waals surface area contributed by atoms with E-state index in [4.69, 9.17) is 9.84 Å². The number of esters is 1. The third-order valence-corrected chi connectivity index (χ3v) is 2.90. The van der Waals surface area contributed by atoms with Gasteiger partial charge in [-0.3, -0.25) is 4.79 Å². The molecule has 0 aliphatic heterocycles. The number of ether oxygens (including phenoxy) is 1. The number of rotatable bonds is 4. The fraction of sp³-hybridized carbons (Fsp3) is 0.636. The monoisotopic (exact) mass is 212 g/mol. The Morgan fingerprint density at radius 2 is 2.07 bits per heavy atom. The van der Waals surface area contributed by atoms with E-state index >= 15 is 0 Å². The minimum absolute atomic E-state index is 0.0700. The lowest BCUT2D eigenvalue weighted by Crippen LogP contribution is -2.03. The Kier molecular flexibility index (Phi) is 3.17. The molecule has 1 rings (SSSR count). The zero-order valence-electron chi connectivity index (χ0n) is 9.19. The summed E-state index contributed by atoms with van der Waals surface area (Å²) in [6, 6.07) is 0. The molecule has 2 unspecified atom stereocenters. The van der Waals surface area contributed by atoms with Crippen LogP contribution in [0.1, 0.15) is 20.8 Å². The number of allylic oxidation sites excluding steroid dienone is 1. The first-order valence-corrected chi connectivity index (χ1v) is 4.99. The molecule has 1 N–H and O–H groups in total. The maximum atomic E-state index is 11.0. The van der Waals surface area contributed by atoms with E-state index in [9.17, 15) is 9.59 Å². The van der Waals surface area contributed by atoms with Crippen molar-refractivity contribution in [2.75, 3.05) is 6.61 Å². The summed E-state index contributed by atoms with van der Waals surface area (Å²) in [6.45, 7) is 5.82. The predicted molar refractivity (Wildman–Crippen MR) is 54.2 cm³/mol. The van der Waals surface area contributed by atoms with Gasteiger partial charge in [0.15, 0.2) is 0 Å². The number of carboxylic acid groups (broad SMARTS) is 1. The average Bonchev–Trinajstić information content (AvgIpc) is 2.65. The highest BCUT2D eigenvalue weighted by atomic mass is 16.5. The van der Waals surface area contributed by atoms with E-state index in [2.05, 4.69) is 0 Å². The largest absolute Gasteiger partial charge is 0.481 e. The lowest BCUT2D eigenvalue weighted by atomic mass is 10.1. The zero-order valence-corrected chi connectivity index (χ0v) is 9.19. The summed E-state index contributed by atoms with van der Waals surface area (Å²) < 4.78 is 4.71. The molecule has 0 spiro atoms. The normalized spacial score (nSPS) is 27.7. The Labute approximate surface area is 88.9 Å². The van der Waals surface area contributed by atoms with Crippen LogP contribution in [0.25, 0.3) is 0 Å². The molecule has 0 aromatic rings. The summed E-state index contributed by atoms with van der Waals surface area (Å²) in [5, 5.41) is 8.88. The van der Waals surface area contributed by atoms with Crippen molar-refractivity contribution in [3.63, 3.8) is 0 Å². The van der Waals surface area contributed by atoms with Gasteiger partial charge in [0, 0.05) is 6.08 Å². The second-order valence-corrected chi connectivity index (χ2v) is 4.27. The maximum Gasteiger partial charge on any atom is 0.330 e. The molecule has 4 heteroatoms. The molecule has 84 valence electrons. The van der Waals surface area contributed by atoms with Crippen LogP contribution in [0.15, 0.2) is 12.2 Å². The van der Waals surface area contributed by atoms with E-state index in [1.807, 2.05) is 13.8 Å². The Morgan fingerprint density at radius 1 is 1.47 bits per heavy atom. The smallest absolute Gasteiger partial charge is 0.330 e. The van der Waals surface area contributed by atoms with Crippen LogP contribution >= 0.6 is 0 Å². The van der Waals surface area contributed by atoms with Crippen LogP contribution in [0.5, 0.6) is 0 Å². The molecular formula is C11H16O4. The highest BCUT2D eigenvalue weighted by Crippen LogP contribution is 2.58. The number of aliphatic carboxylic acids is 1. The fourth-order valence-corrected chi connectivity index (χ4v) is 1.88. The van der Waals surface area contributed by atoms with Gasteiger partial charge in [0.05, 0.1) is 12.5 Å². The van der Waals surface area contributed by atoms with Gasteiger partial charge in [-0.1, -0.05) is 19.9 Å². The Bertz CT molecular complexity index is 304. The van der Waals surface area contributed by atoms with Crippen molar-refractivity contribution in [2.45, 2.75) is 20.8 Å². The third kappa shape index (κ3) is 2.37. The standard InChI is InChI=1S/C11H16O4/c1-4-15-8(12)6-5-7-9(10(13)14)11(7,2)3/h5-7,9H,4H2,1-3H3,(H,13,14)/b6-5-. The minimum Gasteiger partial charge on any atom is -0.481 e.